The van der Waals surface area contributed by atoms with Crippen LogP contribution in [0.25, 0.3) is 10.9 Å². The second-order valence-electron chi connectivity index (χ2n) is 4.13. The van der Waals surface area contributed by atoms with E-state index >= 15 is 0 Å². The SMILES string of the molecule is O=C(O)C1(c2cccc3[nH]ccc23)CC1. The topological polar surface area (TPSA) is 53.1 Å². The number of hydrogen-bond acceptors (Lipinski definition) is 1. The third-order valence-electron chi connectivity index (χ3n) is 3.27. The van der Waals surface area contributed by atoms with Crippen LogP contribution in [0.3, 0.4) is 0 Å². The van der Waals surface area contributed by atoms with Gasteiger partial charge in [0.15, 0.2) is 0 Å². The summed E-state index contributed by atoms with van der Waals surface area (Å²) in [6.45, 7) is 0. The van der Waals surface area contributed by atoms with Crippen molar-refractivity contribution in [1.82, 2.24) is 4.98 Å². The number of carboxylic acid groups (broad SMARTS) is 1. The molecular formula is C12H11NO2. The number of H-pyrrole nitrogens is 1. The zero-order valence-corrected chi connectivity index (χ0v) is 8.16. The molecule has 15 heavy (non-hydrogen) atoms. The van der Waals surface area contributed by atoms with E-state index in [1.807, 2.05) is 30.5 Å². The number of fused-ring (bicyclic) bond motifs is 1. The molecule has 0 spiro atoms. The minimum atomic E-state index is -0.698. The first-order chi connectivity index (χ1) is 7.24. The van der Waals surface area contributed by atoms with Crippen LogP contribution in [0, 0.1) is 0 Å². The Hall–Kier alpha value is -1.77. The molecule has 0 bridgehead atoms. The number of hydrogen-bond donors (Lipinski definition) is 2. The van der Waals surface area contributed by atoms with Gasteiger partial charge in [-0.15, -0.1) is 0 Å². The largest absolute Gasteiger partial charge is 0.481 e. The molecule has 0 amide bonds. The fourth-order valence-electron chi connectivity index (χ4n) is 2.23. The zero-order chi connectivity index (χ0) is 10.5. The van der Waals surface area contributed by atoms with E-state index in [4.69, 9.17) is 0 Å². The van der Waals surface area contributed by atoms with Gasteiger partial charge >= 0.3 is 5.97 Å². The molecule has 0 saturated heterocycles. The maximum absolute atomic E-state index is 11.2. The van der Waals surface area contributed by atoms with E-state index in [0.717, 1.165) is 29.3 Å². The van der Waals surface area contributed by atoms with Gasteiger partial charge in [0.25, 0.3) is 0 Å². The number of nitrogens with one attached hydrogen (secondary N) is 1. The average molecular weight is 201 g/mol. The lowest BCUT2D eigenvalue weighted by atomic mass is 9.93. The molecule has 1 saturated carbocycles. The van der Waals surface area contributed by atoms with Crippen LogP contribution in [0.1, 0.15) is 18.4 Å². The van der Waals surface area contributed by atoms with Crippen LogP contribution in [0.4, 0.5) is 0 Å². The number of aliphatic carboxylic acids is 1. The minimum absolute atomic E-state index is 0.609. The quantitative estimate of drug-likeness (QED) is 0.783. The second-order valence-corrected chi connectivity index (χ2v) is 4.13. The van der Waals surface area contributed by atoms with Gasteiger partial charge in [0.05, 0.1) is 5.41 Å². The van der Waals surface area contributed by atoms with Crippen LogP contribution >= 0.6 is 0 Å². The number of carbonyl (C=O) groups is 1. The third kappa shape index (κ3) is 1.03. The van der Waals surface area contributed by atoms with E-state index in [-0.39, 0.29) is 0 Å². The molecule has 0 unspecified atom stereocenters. The first-order valence-electron chi connectivity index (χ1n) is 5.04. The summed E-state index contributed by atoms with van der Waals surface area (Å²) in [6, 6.07) is 7.76. The lowest BCUT2D eigenvalue weighted by Crippen LogP contribution is -2.19. The van der Waals surface area contributed by atoms with Crippen molar-refractivity contribution in [3.8, 4) is 0 Å². The molecule has 1 fully saturated rings. The van der Waals surface area contributed by atoms with Crippen molar-refractivity contribution in [3.63, 3.8) is 0 Å². The van der Waals surface area contributed by atoms with Crippen LogP contribution < -0.4 is 0 Å². The Morgan fingerprint density at radius 1 is 1.33 bits per heavy atom. The highest BCUT2D eigenvalue weighted by molar-refractivity contribution is 5.93. The van der Waals surface area contributed by atoms with Gasteiger partial charge in [-0.3, -0.25) is 4.79 Å². The molecule has 3 nitrogen and oxygen atoms in total. The molecule has 76 valence electrons. The molecule has 3 heteroatoms. The minimum Gasteiger partial charge on any atom is -0.481 e. The summed E-state index contributed by atoms with van der Waals surface area (Å²) in [5.74, 6) is -0.698. The molecule has 2 aromatic rings. The highest BCUT2D eigenvalue weighted by atomic mass is 16.4. The monoisotopic (exact) mass is 201 g/mol. The normalized spacial score (nSPS) is 17.9. The number of benzene rings is 1. The summed E-state index contributed by atoms with van der Waals surface area (Å²) in [5, 5.41) is 10.3. The van der Waals surface area contributed by atoms with Crippen molar-refractivity contribution < 1.29 is 9.90 Å². The summed E-state index contributed by atoms with van der Waals surface area (Å²) in [5.41, 5.74) is 1.36. The predicted octanol–water partition coefficient (Wildman–Crippen LogP) is 2.28. The van der Waals surface area contributed by atoms with Crippen LogP contribution in [-0.4, -0.2) is 16.1 Å². The van der Waals surface area contributed by atoms with Crippen LogP contribution in [-0.2, 0) is 10.2 Å². The van der Waals surface area contributed by atoms with Gasteiger partial charge in [0.2, 0.25) is 0 Å². The highest BCUT2D eigenvalue weighted by Gasteiger charge is 2.52. The summed E-state index contributed by atoms with van der Waals surface area (Å²) < 4.78 is 0. The zero-order valence-electron chi connectivity index (χ0n) is 8.16. The van der Waals surface area contributed by atoms with E-state index < -0.39 is 11.4 Å². The molecule has 0 radical (unpaired) electrons. The van der Waals surface area contributed by atoms with Crippen LogP contribution in [0.2, 0.25) is 0 Å². The van der Waals surface area contributed by atoms with Crippen molar-refractivity contribution in [2.24, 2.45) is 0 Å². The van der Waals surface area contributed by atoms with Crippen molar-refractivity contribution in [1.29, 1.82) is 0 Å². The molecule has 0 atom stereocenters. The van der Waals surface area contributed by atoms with Gasteiger partial charge in [-0.1, -0.05) is 12.1 Å². The Kier molecular flexibility index (Phi) is 1.49. The first kappa shape index (κ1) is 8.53. The van der Waals surface area contributed by atoms with Crippen LogP contribution in [0.15, 0.2) is 30.5 Å². The van der Waals surface area contributed by atoms with Gasteiger partial charge in [-0.2, -0.15) is 0 Å². The van der Waals surface area contributed by atoms with E-state index in [2.05, 4.69) is 4.98 Å². The van der Waals surface area contributed by atoms with Crippen molar-refractivity contribution in [3.05, 3.63) is 36.0 Å². The number of carboxylic acids is 1. The van der Waals surface area contributed by atoms with Crippen LogP contribution in [0.5, 0.6) is 0 Å². The molecule has 1 aliphatic rings. The maximum atomic E-state index is 11.2. The van der Waals surface area contributed by atoms with Gasteiger partial charge in [-0.25, -0.2) is 0 Å². The molecule has 1 heterocycles. The number of aromatic nitrogens is 1. The molecular weight excluding hydrogens is 190 g/mol. The van der Waals surface area contributed by atoms with E-state index in [1.165, 1.54) is 0 Å². The third-order valence-corrected chi connectivity index (χ3v) is 3.27. The number of aromatic amines is 1. The Bertz CT molecular complexity index is 537. The first-order valence-corrected chi connectivity index (χ1v) is 5.04. The fraction of sp³-hybridized carbons (Fsp3) is 0.250. The van der Waals surface area contributed by atoms with Gasteiger partial charge in [0.1, 0.15) is 0 Å². The Labute approximate surface area is 86.7 Å². The Morgan fingerprint density at radius 2 is 2.13 bits per heavy atom. The average Bonchev–Trinajstić information content (AvgIpc) is 2.89. The lowest BCUT2D eigenvalue weighted by Gasteiger charge is -2.11. The molecule has 1 aromatic carbocycles. The summed E-state index contributed by atoms with van der Waals surface area (Å²) in [6.07, 6.45) is 3.37. The molecule has 2 N–H and O–H groups in total. The van der Waals surface area contributed by atoms with Gasteiger partial charge < -0.3 is 10.1 Å². The predicted molar refractivity (Wildman–Crippen MR) is 56.8 cm³/mol. The van der Waals surface area contributed by atoms with E-state index in [0.29, 0.717) is 0 Å². The van der Waals surface area contributed by atoms with E-state index in [9.17, 15) is 9.90 Å². The summed E-state index contributed by atoms with van der Waals surface area (Å²) in [7, 11) is 0. The van der Waals surface area contributed by atoms with Gasteiger partial charge in [0, 0.05) is 17.1 Å². The van der Waals surface area contributed by atoms with Gasteiger partial charge in [-0.05, 0) is 30.5 Å². The fourth-order valence-corrected chi connectivity index (χ4v) is 2.23. The van der Waals surface area contributed by atoms with E-state index in [1.54, 1.807) is 0 Å². The summed E-state index contributed by atoms with van der Waals surface area (Å²) in [4.78, 5) is 14.3. The van der Waals surface area contributed by atoms with Crippen molar-refractivity contribution in [2.45, 2.75) is 18.3 Å². The lowest BCUT2D eigenvalue weighted by molar-refractivity contribution is -0.139. The molecule has 3 rings (SSSR count). The highest BCUT2D eigenvalue weighted by Crippen LogP contribution is 2.50. The maximum Gasteiger partial charge on any atom is 0.314 e. The Balaban J connectivity index is 2.27. The molecule has 0 aliphatic heterocycles. The smallest absolute Gasteiger partial charge is 0.314 e. The number of rotatable bonds is 2. The standard InChI is InChI=1S/C12H11NO2/c14-11(15)12(5-6-12)9-2-1-3-10-8(9)4-7-13-10/h1-4,7,13H,5-6H2,(H,14,15). The summed E-state index contributed by atoms with van der Waals surface area (Å²) >= 11 is 0. The van der Waals surface area contributed by atoms with Crippen molar-refractivity contribution >= 4 is 16.9 Å². The molecule has 1 aromatic heterocycles. The Morgan fingerprint density at radius 3 is 2.80 bits per heavy atom. The van der Waals surface area contributed by atoms with Crippen molar-refractivity contribution in [2.75, 3.05) is 0 Å². The molecule has 1 aliphatic carbocycles. The second kappa shape index (κ2) is 2.63.